The molecule has 0 aliphatic carbocycles. The van der Waals surface area contributed by atoms with Gasteiger partial charge in [0.05, 0.1) is 18.0 Å². The molecule has 3 rings (SSSR count). The van der Waals surface area contributed by atoms with Crippen molar-refractivity contribution in [2.24, 2.45) is 0 Å². The largest absolute Gasteiger partial charge is 0.496 e. The van der Waals surface area contributed by atoms with Crippen LogP contribution in [0.3, 0.4) is 0 Å². The van der Waals surface area contributed by atoms with Crippen molar-refractivity contribution in [1.29, 1.82) is 0 Å². The van der Waals surface area contributed by atoms with Crippen LogP contribution < -0.4 is 16.0 Å². The second-order valence-corrected chi connectivity index (χ2v) is 6.09. The van der Waals surface area contributed by atoms with Gasteiger partial charge in [0.1, 0.15) is 23.8 Å². The summed E-state index contributed by atoms with van der Waals surface area (Å²) in [7, 11) is 1.80. The fourth-order valence-corrected chi connectivity index (χ4v) is 2.70. The van der Waals surface area contributed by atoms with Gasteiger partial charge < -0.3 is 20.7 Å². The monoisotopic (exact) mass is 356 g/mol. The topological polar surface area (TPSA) is 92.6 Å². The van der Waals surface area contributed by atoms with E-state index < -0.39 is 0 Å². The highest BCUT2D eigenvalue weighted by Gasteiger charge is 2.19. The summed E-state index contributed by atoms with van der Waals surface area (Å²) in [6.07, 6.45) is 6.18. The summed E-state index contributed by atoms with van der Waals surface area (Å²) in [4.78, 5) is 17.2. The minimum absolute atomic E-state index is 0.151. The molecule has 0 saturated heterocycles. The van der Waals surface area contributed by atoms with Crippen LogP contribution in [-0.2, 0) is 4.74 Å². The molecular weight excluding hydrogens is 332 g/mol. The van der Waals surface area contributed by atoms with Gasteiger partial charge >= 0.3 is 0 Å². The van der Waals surface area contributed by atoms with Gasteiger partial charge in [-0.15, -0.1) is 0 Å². The summed E-state index contributed by atoms with van der Waals surface area (Å²) in [5.74, 6) is 1.95. The van der Waals surface area contributed by atoms with Crippen LogP contribution in [0.25, 0.3) is 5.65 Å². The lowest BCUT2D eigenvalue weighted by Crippen LogP contribution is -2.35. The third-order valence-electron chi connectivity index (χ3n) is 4.12. The predicted molar refractivity (Wildman–Crippen MR) is 101 cm³/mol. The molecule has 0 fully saturated rings. The number of fused-ring (bicyclic) bond motifs is 1. The number of hydrogen-bond acceptors (Lipinski definition) is 6. The van der Waals surface area contributed by atoms with Crippen molar-refractivity contribution < 1.29 is 9.53 Å². The molecule has 3 heterocycles. The molecule has 0 spiro atoms. The fraction of sp³-hybridized carbons (Fsp3) is 0.389. The second-order valence-electron chi connectivity index (χ2n) is 6.09. The standard InChI is InChI=1S/C18H24N6O2/c1-5-12-7-13(6-2)26-10-11(3)21-18(25)14-9-20-24-16(19-4)8-15(22-12)23-17(14)24/h5,7-9,11,19H,6,10H2,1-4H3,(H,21,25)(H,22,23)/b12-5+,13-7+. The maximum Gasteiger partial charge on any atom is 0.257 e. The molecule has 0 radical (unpaired) electrons. The summed E-state index contributed by atoms with van der Waals surface area (Å²) < 4.78 is 7.48. The van der Waals surface area contributed by atoms with E-state index in [2.05, 4.69) is 26.0 Å². The van der Waals surface area contributed by atoms with E-state index in [9.17, 15) is 4.79 Å². The predicted octanol–water partition coefficient (Wildman–Crippen LogP) is 2.53. The first-order valence-corrected chi connectivity index (χ1v) is 8.69. The van der Waals surface area contributed by atoms with E-state index in [-0.39, 0.29) is 11.9 Å². The molecule has 0 saturated carbocycles. The molecule has 8 heteroatoms. The Bertz CT molecular complexity index is 883. The number of anilines is 2. The molecule has 2 aromatic heterocycles. The van der Waals surface area contributed by atoms with Crippen molar-refractivity contribution in [2.45, 2.75) is 33.2 Å². The molecule has 1 atom stereocenters. The number of hydrogen-bond donors (Lipinski definition) is 3. The van der Waals surface area contributed by atoms with Crippen LogP contribution in [0.15, 0.2) is 35.9 Å². The Hall–Kier alpha value is -3.03. The Kier molecular flexibility index (Phi) is 5.11. The van der Waals surface area contributed by atoms with Gasteiger partial charge in [0, 0.05) is 25.2 Å². The number of carbonyl (C=O) groups excluding carboxylic acids is 1. The Morgan fingerprint density at radius 2 is 2.31 bits per heavy atom. The average Bonchev–Trinajstić information content (AvgIpc) is 3.06. The van der Waals surface area contributed by atoms with Crippen molar-refractivity contribution in [2.75, 3.05) is 24.3 Å². The van der Waals surface area contributed by atoms with Gasteiger partial charge in [-0.05, 0) is 19.9 Å². The maximum atomic E-state index is 12.7. The number of allylic oxidation sites excluding steroid dienone is 3. The van der Waals surface area contributed by atoms with Crippen LogP contribution >= 0.6 is 0 Å². The zero-order valence-corrected chi connectivity index (χ0v) is 15.5. The Morgan fingerprint density at radius 1 is 1.50 bits per heavy atom. The van der Waals surface area contributed by atoms with E-state index >= 15 is 0 Å². The molecule has 3 N–H and O–H groups in total. The first-order valence-electron chi connectivity index (χ1n) is 8.69. The van der Waals surface area contributed by atoms with Gasteiger partial charge in [-0.25, -0.2) is 4.98 Å². The lowest BCUT2D eigenvalue weighted by atomic mass is 10.2. The van der Waals surface area contributed by atoms with E-state index in [0.717, 1.165) is 23.7 Å². The van der Waals surface area contributed by atoms with Gasteiger partial charge in [-0.1, -0.05) is 13.0 Å². The minimum Gasteiger partial charge on any atom is -0.496 e. The molecule has 2 bridgehead atoms. The summed E-state index contributed by atoms with van der Waals surface area (Å²) in [6, 6.07) is 1.69. The number of carbonyl (C=O) groups is 1. The highest BCUT2D eigenvalue weighted by molar-refractivity contribution is 6.00. The highest BCUT2D eigenvalue weighted by Crippen LogP contribution is 2.21. The van der Waals surface area contributed by atoms with Crippen LogP contribution in [-0.4, -0.2) is 40.2 Å². The highest BCUT2D eigenvalue weighted by atomic mass is 16.5. The summed E-state index contributed by atoms with van der Waals surface area (Å²) >= 11 is 0. The van der Waals surface area contributed by atoms with Crippen molar-refractivity contribution >= 4 is 23.2 Å². The van der Waals surface area contributed by atoms with E-state index in [1.54, 1.807) is 11.6 Å². The number of aromatic nitrogens is 3. The molecular formula is C18H24N6O2. The number of rotatable bonds is 2. The van der Waals surface area contributed by atoms with Crippen LogP contribution in [0, 0.1) is 0 Å². The minimum atomic E-state index is -0.227. The van der Waals surface area contributed by atoms with Crippen LogP contribution in [0.4, 0.5) is 11.6 Å². The van der Waals surface area contributed by atoms with Gasteiger partial charge in [-0.2, -0.15) is 9.61 Å². The molecule has 2 aromatic rings. The van der Waals surface area contributed by atoms with Gasteiger partial charge in [0.2, 0.25) is 0 Å². The van der Waals surface area contributed by atoms with Crippen molar-refractivity contribution in [3.05, 3.63) is 41.4 Å². The lowest BCUT2D eigenvalue weighted by Gasteiger charge is -2.16. The first kappa shape index (κ1) is 17.8. The second kappa shape index (κ2) is 7.47. The van der Waals surface area contributed by atoms with E-state index in [4.69, 9.17) is 4.74 Å². The zero-order chi connectivity index (χ0) is 18.7. The fourth-order valence-electron chi connectivity index (χ4n) is 2.70. The van der Waals surface area contributed by atoms with Gasteiger partial charge in [-0.3, -0.25) is 4.79 Å². The lowest BCUT2D eigenvalue weighted by molar-refractivity contribution is 0.0910. The Labute approximate surface area is 152 Å². The van der Waals surface area contributed by atoms with Crippen molar-refractivity contribution in [1.82, 2.24) is 19.9 Å². The van der Waals surface area contributed by atoms with E-state index in [1.165, 1.54) is 6.20 Å². The first-order chi connectivity index (χ1) is 12.5. The quantitative estimate of drug-likeness (QED) is 0.766. The average molecular weight is 356 g/mol. The van der Waals surface area contributed by atoms with Crippen molar-refractivity contribution in [3.63, 3.8) is 0 Å². The van der Waals surface area contributed by atoms with Gasteiger partial charge in [0.25, 0.3) is 5.91 Å². The van der Waals surface area contributed by atoms with E-state index in [1.807, 2.05) is 39.0 Å². The smallest absolute Gasteiger partial charge is 0.257 e. The van der Waals surface area contributed by atoms with Gasteiger partial charge in [0.15, 0.2) is 5.65 Å². The maximum absolute atomic E-state index is 12.7. The molecule has 1 unspecified atom stereocenters. The molecule has 26 heavy (non-hydrogen) atoms. The Morgan fingerprint density at radius 3 is 3.00 bits per heavy atom. The van der Waals surface area contributed by atoms with Crippen LogP contribution in [0.1, 0.15) is 37.6 Å². The third-order valence-corrected chi connectivity index (χ3v) is 4.12. The number of ether oxygens (including phenoxy) is 1. The molecule has 1 aliphatic rings. The number of amides is 1. The molecule has 1 amide bonds. The SMILES string of the molecule is C/C=C1\C=C(/CC)OCC(C)NC(=O)c2cnn3c(NC)cc(nc23)N1. The van der Waals surface area contributed by atoms with Crippen LogP contribution in [0.2, 0.25) is 0 Å². The van der Waals surface area contributed by atoms with E-state index in [0.29, 0.717) is 23.6 Å². The summed E-state index contributed by atoms with van der Waals surface area (Å²) in [6.45, 7) is 6.27. The van der Waals surface area contributed by atoms with Crippen molar-refractivity contribution in [3.8, 4) is 0 Å². The molecule has 1 aliphatic heterocycles. The summed E-state index contributed by atoms with van der Waals surface area (Å²) in [5.41, 5.74) is 1.77. The molecule has 0 aromatic carbocycles. The zero-order valence-electron chi connectivity index (χ0n) is 15.5. The molecule has 138 valence electrons. The number of nitrogens with one attached hydrogen (secondary N) is 3. The van der Waals surface area contributed by atoms with Crippen LogP contribution in [0.5, 0.6) is 0 Å². The normalized spacial score (nSPS) is 21.7. The Balaban J connectivity index is 2.15. The third kappa shape index (κ3) is 3.49. The summed E-state index contributed by atoms with van der Waals surface area (Å²) in [5, 5.41) is 13.6. The molecule has 8 nitrogen and oxygen atoms in total. The number of nitrogens with zero attached hydrogens (tertiary/aromatic N) is 3.